The summed E-state index contributed by atoms with van der Waals surface area (Å²) in [5.41, 5.74) is 1.59. The van der Waals surface area contributed by atoms with Crippen LogP contribution in [-0.4, -0.2) is 70.6 Å². The fourth-order valence-corrected chi connectivity index (χ4v) is 3.51. The van der Waals surface area contributed by atoms with Crippen molar-refractivity contribution >= 4 is 23.8 Å². The molecule has 2 aliphatic rings. The lowest BCUT2D eigenvalue weighted by Gasteiger charge is -2.37. The highest BCUT2D eigenvalue weighted by atomic mass is 35.5. The van der Waals surface area contributed by atoms with E-state index < -0.39 is 0 Å². The van der Waals surface area contributed by atoms with Crippen LogP contribution in [0.2, 0.25) is 0 Å². The van der Waals surface area contributed by atoms with Crippen LogP contribution in [0, 0.1) is 0 Å². The molecular weight excluding hydrogens is 314 g/mol. The average molecular weight is 336 g/mol. The number of nitrogens with one attached hydrogen (secondary N) is 1. The maximum absolute atomic E-state index is 12.7. The molecule has 4 heterocycles. The first-order valence-electron chi connectivity index (χ1n) is 7.99. The number of fused-ring (bicyclic) bond motifs is 1. The Labute approximate surface area is 141 Å². The molecule has 0 bridgehead atoms. The van der Waals surface area contributed by atoms with Crippen LogP contribution in [0.5, 0.6) is 0 Å². The molecule has 0 aromatic carbocycles. The molecule has 2 aromatic heterocycles. The molecule has 0 spiro atoms. The van der Waals surface area contributed by atoms with E-state index in [1.165, 1.54) is 6.42 Å². The van der Waals surface area contributed by atoms with Crippen molar-refractivity contribution in [1.29, 1.82) is 0 Å². The quantitative estimate of drug-likeness (QED) is 0.885. The zero-order valence-electron chi connectivity index (χ0n) is 13.0. The standard InChI is InChI=1S/C16H21N5O.ClH/c22-16(14-12-18-21-6-2-1-3-15(14)21)20-9-7-19(8-10-20)13-4-5-17-11-13;/h1-3,6,12-13,17H,4-5,7-11H2;1H. The average Bonchev–Trinajstić information content (AvgIpc) is 3.24. The number of halogens is 1. The topological polar surface area (TPSA) is 52.9 Å². The first kappa shape index (κ1) is 16.2. The van der Waals surface area contributed by atoms with E-state index in [0.29, 0.717) is 11.6 Å². The molecule has 23 heavy (non-hydrogen) atoms. The van der Waals surface area contributed by atoms with Crippen LogP contribution in [0.15, 0.2) is 30.6 Å². The van der Waals surface area contributed by atoms with Crippen molar-refractivity contribution in [2.75, 3.05) is 39.3 Å². The predicted octanol–water partition coefficient (Wildman–Crippen LogP) is 0.876. The molecule has 2 fully saturated rings. The molecule has 1 amide bonds. The Balaban J connectivity index is 0.00000156. The Bertz CT molecular complexity index is 674. The van der Waals surface area contributed by atoms with Gasteiger partial charge in [-0.25, -0.2) is 4.52 Å². The van der Waals surface area contributed by atoms with E-state index in [2.05, 4.69) is 15.3 Å². The van der Waals surface area contributed by atoms with Crippen molar-refractivity contribution < 1.29 is 4.79 Å². The summed E-state index contributed by atoms with van der Waals surface area (Å²) in [6.45, 7) is 5.75. The van der Waals surface area contributed by atoms with Crippen LogP contribution in [-0.2, 0) is 0 Å². The summed E-state index contributed by atoms with van der Waals surface area (Å²) in [5.74, 6) is 0.102. The number of amides is 1. The van der Waals surface area contributed by atoms with E-state index >= 15 is 0 Å². The first-order valence-corrected chi connectivity index (χ1v) is 7.99. The Kier molecular flexibility index (Phi) is 4.84. The molecule has 0 radical (unpaired) electrons. The van der Waals surface area contributed by atoms with Gasteiger partial charge < -0.3 is 10.2 Å². The maximum atomic E-state index is 12.7. The van der Waals surface area contributed by atoms with Crippen molar-refractivity contribution in [2.45, 2.75) is 12.5 Å². The number of aromatic nitrogens is 2. The lowest BCUT2D eigenvalue weighted by molar-refractivity contribution is 0.0585. The third-order valence-electron chi connectivity index (χ3n) is 4.81. The fraction of sp³-hybridized carbons (Fsp3) is 0.500. The molecule has 124 valence electrons. The van der Waals surface area contributed by atoms with E-state index in [4.69, 9.17) is 0 Å². The summed E-state index contributed by atoms with van der Waals surface area (Å²) in [7, 11) is 0. The molecular formula is C16H22ClN5O. The summed E-state index contributed by atoms with van der Waals surface area (Å²) in [6.07, 6.45) is 4.78. The minimum absolute atomic E-state index is 0. The van der Waals surface area contributed by atoms with E-state index in [1.54, 1.807) is 10.7 Å². The molecule has 2 aromatic rings. The van der Waals surface area contributed by atoms with Gasteiger partial charge in [0.15, 0.2) is 0 Å². The smallest absolute Gasteiger partial charge is 0.257 e. The molecule has 2 saturated heterocycles. The number of hydrogen-bond acceptors (Lipinski definition) is 4. The number of pyridine rings is 1. The molecule has 4 rings (SSSR count). The summed E-state index contributed by atoms with van der Waals surface area (Å²) < 4.78 is 1.76. The van der Waals surface area contributed by atoms with Crippen LogP contribution >= 0.6 is 12.4 Å². The van der Waals surface area contributed by atoms with Crippen LogP contribution in [0.3, 0.4) is 0 Å². The summed E-state index contributed by atoms with van der Waals surface area (Å²) >= 11 is 0. The Morgan fingerprint density at radius 3 is 2.78 bits per heavy atom. The Morgan fingerprint density at radius 2 is 2.04 bits per heavy atom. The van der Waals surface area contributed by atoms with Gasteiger partial charge in [0.25, 0.3) is 5.91 Å². The van der Waals surface area contributed by atoms with Crippen LogP contribution in [0.25, 0.3) is 5.52 Å². The molecule has 1 atom stereocenters. The van der Waals surface area contributed by atoms with E-state index in [-0.39, 0.29) is 18.3 Å². The highest BCUT2D eigenvalue weighted by Crippen LogP contribution is 2.16. The van der Waals surface area contributed by atoms with Gasteiger partial charge in [-0.2, -0.15) is 5.10 Å². The number of rotatable bonds is 2. The lowest BCUT2D eigenvalue weighted by atomic mass is 10.1. The zero-order chi connectivity index (χ0) is 14.9. The number of carbonyl (C=O) groups excluding carboxylic acids is 1. The van der Waals surface area contributed by atoms with Crippen LogP contribution in [0.1, 0.15) is 16.8 Å². The van der Waals surface area contributed by atoms with Gasteiger partial charge in [0.1, 0.15) is 0 Å². The van der Waals surface area contributed by atoms with Gasteiger partial charge in [-0.05, 0) is 25.1 Å². The summed E-state index contributed by atoms with van der Waals surface area (Å²) in [4.78, 5) is 17.2. The normalized spacial score (nSPS) is 22.3. The summed E-state index contributed by atoms with van der Waals surface area (Å²) in [5, 5.41) is 7.68. The fourth-order valence-electron chi connectivity index (χ4n) is 3.51. The Morgan fingerprint density at radius 1 is 1.22 bits per heavy atom. The number of nitrogens with zero attached hydrogens (tertiary/aromatic N) is 4. The van der Waals surface area contributed by atoms with Gasteiger partial charge >= 0.3 is 0 Å². The number of piperazine rings is 1. The molecule has 2 aliphatic heterocycles. The summed E-state index contributed by atoms with van der Waals surface area (Å²) in [6, 6.07) is 6.46. The SMILES string of the molecule is Cl.O=C(c1cnn2ccccc12)N1CCN(C2CCNC2)CC1. The largest absolute Gasteiger partial charge is 0.336 e. The lowest BCUT2D eigenvalue weighted by Crippen LogP contribution is -2.52. The molecule has 0 aliphatic carbocycles. The second-order valence-electron chi connectivity index (χ2n) is 6.06. The van der Waals surface area contributed by atoms with Gasteiger partial charge in [-0.3, -0.25) is 9.69 Å². The predicted molar refractivity (Wildman–Crippen MR) is 91.2 cm³/mol. The third kappa shape index (κ3) is 3.06. The molecule has 1 unspecified atom stereocenters. The monoisotopic (exact) mass is 335 g/mol. The number of hydrogen-bond donors (Lipinski definition) is 1. The van der Waals surface area contributed by atoms with Crippen LogP contribution in [0.4, 0.5) is 0 Å². The maximum Gasteiger partial charge on any atom is 0.257 e. The second-order valence-corrected chi connectivity index (χ2v) is 6.06. The highest BCUT2D eigenvalue weighted by Gasteiger charge is 2.28. The van der Waals surface area contributed by atoms with Gasteiger partial charge in [0.2, 0.25) is 0 Å². The molecule has 7 heteroatoms. The molecule has 1 N–H and O–H groups in total. The zero-order valence-corrected chi connectivity index (χ0v) is 13.8. The van der Waals surface area contributed by atoms with Gasteiger partial charge in [0.05, 0.1) is 17.3 Å². The third-order valence-corrected chi connectivity index (χ3v) is 4.81. The highest BCUT2D eigenvalue weighted by molar-refractivity contribution is 6.00. The van der Waals surface area contributed by atoms with Gasteiger partial charge in [-0.15, -0.1) is 12.4 Å². The molecule has 0 saturated carbocycles. The minimum atomic E-state index is 0. The Hall–Kier alpha value is -1.63. The van der Waals surface area contributed by atoms with Crippen molar-refractivity contribution in [3.8, 4) is 0 Å². The van der Waals surface area contributed by atoms with Crippen molar-refractivity contribution in [2.24, 2.45) is 0 Å². The number of carbonyl (C=O) groups is 1. The van der Waals surface area contributed by atoms with E-state index in [0.717, 1.165) is 44.8 Å². The van der Waals surface area contributed by atoms with E-state index in [9.17, 15) is 4.79 Å². The van der Waals surface area contributed by atoms with Crippen molar-refractivity contribution in [3.63, 3.8) is 0 Å². The van der Waals surface area contributed by atoms with Gasteiger partial charge in [-0.1, -0.05) is 6.07 Å². The second kappa shape index (κ2) is 6.86. The van der Waals surface area contributed by atoms with Crippen LogP contribution < -0.4 is 5.32 Å². The minimum Gasteiger partial charge on any atom is -0.336 e. The van der Waals surface area contributed by atoms with Crippen molar-refractivity contribution in [1.82, 2.24) is 24.7 Å². The molecule has 6 nitrogen and oxygen atoms in total. The van der Waals surface area contributed by atoms with E-state index in [1.807, 2.05) is 29.3 Å². The van der Waals surface area contributed by atoms with Crippen molar-refractivity contribution in [3.05, 3.63) is 36.2 Å². The van der Waals surface area contributed by atoms with Gasteiger partial charge in [0, 0.05) is 45.0 Å². The first-order chi connectivity index (χ1) is 10.8.